The van der Waals surface area contributed by atoms with E-state index in [-0.39, 0.29) is 28.5 Å². The summed E-state index contributed by atoms with van der Waals surface area (Å²) in [5.41, 5.74) is -1.04. The van der Waals surface area contributed by atoms with Gasteiger partial charge in [-0.2, -0.15) is 13.2 Å². The third-order valence-corrected chi connectivity index (χ3v) is 8.30. The first kappa shape index (κ1) is 30.9. The van der Waals surface area contributed by atoms with Gasteiger partial charge in [0.1, 0.15) is 11.1 Å². The molecule has 0 radical (unpaired) electrons. The van der Waals surface area contributed by atoms with Crippen LogP contribution >= 0.6 is 12.2 Å². The summed E-state index contributed by atoms with van der Waals surface area (Å²) in [6.45, 7) is 8.80. The number of carbonyl (C=O) groups excluding carboxylic acids is 2. The molecule has 1 aromatic heterocycles. The van der Waals surface area contributed by atoms with Gasteiger partial charge in [0.2, 0.25) is 0 Å². The van der Waals surface area contributed by atoms with Crippen LogP contribution in [0, 0.1) is 0 Å². The monoisotopic (exact) mass is 616 g/mol. The Morgan fingerprint density at radius 2 is 1.74 bits per heavy atom. The molecule has 2 aromatic rings. The van der Waals surface area contributed by atoms with Gasteiger partial charge in [-0.25, -0.2) is 4.79 Å². The van der Waals surface area contributed by atoms with Crippen LogP contribution in [0.4, 0.5) is 29.3 Å². The van der Waals surface area contributed by atoms with Gasteiger partial charge >= 0.3 is 12.3 Å². The highest BCUT2D eigenvalue weighted by molar-refractivity contribution is 7.81. The molecule has 0 atom stereocenters. The van der Waals surface area contributed by atoms with E-state index in [0.29, 0.717) is 51.3 Å². The van der Waals surface area contributed by atoms with Crippen molar-refractivity contribution in [3.05, 3.63) is 53.3 Å². The Kier molecular flexibility index (Phi) is 8.25. The molecule has 1 aliphatic carbocycles. The summed E-state index contributed by atoms with van der Waals surface area (Å²) in [7, 11) is 1.37. The third kappa shape index (κ3) is 6.10. The molecule has 0 bridgehead atoms. The van der Waals surface area contributed by atoms with Crippen LogP contribution < -0.4 is 9.80 Å². The first-order valence-corrected chi connectivity index (χ1v) is 14.6. The minimum absolute atomic E-state index is 0.0218. The lowest BCUT2D eigenvalue weighted by Gasteiger charge is -2.43. The molecule has 1 aromatic carbocycles. The Morgan fingerprint density at radius 3 is 2.28 bits per heavy atom. The molecule has 2 saturated heterocycles. The molecule has 2 aliphatic heterocycles. The van der Waals surface area contributed by atoms with Crippen LogP contribution in [0.25, 0.3) is 0 Å². The molecule has 43 heavy (non-hydrogen) atoms. The van der Waals surface area contributed by atoms with Crippen molar-refractivity contribution in [1.29, 1.82) is 0 Å². The van der Waals surface area contributed by atoms with Crippen LogP contribution in [0.1, 0.15) is 56.9 Å². The highest BCUT2D eigenvalue weighted by Crippen LogP contribution is 2.48. The molecule has 1 saturated carbocycles. The molecule has 0 N–H and O–H groups in total. The summed E-state index contributed by atoms with van der Waals surface area (Å²) in [4.78, 5) is 40.7. The maximum atomic E-state index is 13.8. The van der Waals surface area contributed by atoms with Crippen molar-refractivity contribution in [2.75, 3.05) is 43.0 Å². The SMILES string of the molecule is C/N=C\c1ncc(N2C(=O)C3(CCC3)N(c3ccc(CN4CCN(C(=O)OC(C)(C)C)CC4)cc3)C2=S)cc1C(F)(F)F. The van der Waals surface area contributed by atoms with E-state index in [1.807, 2.05) is 45.0 Å². The van der Waals surface area contributed by atoms with Gasteiger partial charge in [-0.05, 0) is 76.0 Å². The van der Waals surface area contributed by atoms with Crippen LogP contribution in [0.5, 0.6) is 0 Å². The third-order valence-electron chi connectivity index (χ3n) is 7.94. The van der Waals surface area contributed by atoms with Crippen molar-refractivity contribution in [3.8, 4) is 0 Å². The Labute approximate surface area is 254 Å². The van der Waals surface area contributed by atoms with Gasteiger partial charge < -0.3 is 14.5 Å². The molecule has 9 nitrogen and oxygen atoms in total. The second-order valence-corrected chi connectivity index (χ2v) is 12.4. The highest BCUT2D eigenvalue weighted by Gasteiger charge is 2.59. The lowest BCUT2D eigenvalue weighted by molar-refractivity contribution is -0.138. The number of alkyl halides is 3. The minimum Gasteiger partial charge on any atom is -0.444 e. The second-order valence-electron chi connectivity index (χ2n) is 12.1. The Bertz CT molecular complexity index is 1430. The number of thiocarbonyl (C=S) groups is 1. The van der Waals surface area contributed by atoms with Gasteiger partial charge in [0.25, 0.3) is 5.91 Å². The van der Waals surface area contributed by atoms with Crippen LogP contribution in [0.15, 0.2) is 41.5 Å². The number of aliphatic imine (C=N–C) groups is 1. The Balaban J connectivity index is 1.31. The van der Waals surface area contributed by atoms with Crippen LogP contribution in [0.2, 0.25) is 0 Å². The van der Waals surface area contributed by atoms with Crippen LogP contribution in [-0.2, 0) is 22.3 Å². The quantitative estimate of drug-likeness (QED) is 0.335. The average Bonchev–Trinajstić information content (AvgIpc) is 3.15. The van der Waals surface area contributed by atoms with Crippen molar-refractivity contribution >= 4 is 46.9 Å². The molecule has 5 rings (SSSR count). The van der Waals surface area contributed by atoms with Gasteiger partial charge in [0.05, 0.1) is 23.1 Å². The zero-order valence-corrected chi connectivity index (χ0v) is 25.5. The van der Waals surface area contributed by atoms with Crippen molar-refractivity contribution < 1.29 is 27.5 Å². The van der Waals surface area contributed by atoms with Crippen molar-refractivity contribution in [3.63, 3.8) is 0 Å². The van der Waals surface area contributed by atoms with E-state index in [9.17, 15) is 22.8 Å². The highest BCUT2D eigenvalue weighted by atomic mass is 32.1. The largest absolute Gasteiger partial charge is 0.444 e. The van der Waals surface area contributed by atoms with E-state index >= 15 is 0 Å². The van der Waals surface area contributed by atoms with E-state index in [4.69, 9.17) is 17.0 Å². The molecule has 13 heteroatoms. The van der Waals surface area contributed by atoms with Gasteiger partial charge in [-0.1, -0.05) is 12.1 Å². The number of hydrogen-bond acceptors (Lipinski definition) is 7. The maximum Gasteiger partial charge on any atom is 0.418 e. The number of benzene rings is 1. The van der Waals surface area contributed by atoms with E-state index < -0.39 is 22.9 Å². The van der Waals surface area contributed by atoms with E-state index in [1.54, 1.807) is 9.80 Å². The molecular formula is C30H35F3N6O3S. The zero-order chi connectivity index (χ0) is 31.2. The molecule has 3 heterocycles. The standard InChI is InChI=1S/C30H35F3N6O3S/c1-28(2,3)42-27(41)37-14-12-36(13-15-37)19-20-6-8-21(9-7-20)39-26(43)38(25(40)29(39)10-5-11-29)22-16-23(30(31,32)33)24(18-34-4)35-17-22/h6-9,16-18H,5,10-15,19H2,1-4H3/b34-18-. The number of piperazine rings is 1. The minimum atomic E-state index is -4.68. The van der Waals surface area contributed by atoms with Gasteiger partial charge in [-0.3, -0.25) is 24.6 Å². The van der Waals surface area contributed by atoms with Crippen molar-refractivity contribution in [2.24, 2.45) is 4.99 Å². The van der Waals surface area contributed by atoms with Crippen molar-refractivity contribution in [2.45, 2.75) is 63.9 Å². The predicted molar refractivity (Wildman–Crippen MR) is 161 cm³/mol. The molecule has 3 aliphatic rings. The first-order valence-electron chi connectivity index (χ1n) is 14.2. The molecule has 230 valence electrons. The predicted octanol–water partition coefficient (Wildman–Crippen LogP) is 5.26. The number of rotatable bonds is 5. The fourth-order valence-electron chi connectivity index (χ4n) is 5.67. The second kappa shape index (κ2) is 11.5. The number of amides is 2. The van der Waals surface area contributed by atoms with Gasteiger partial charge in [0, 0.05) is 51.7 Å². The van der Waals surface area contributed by atoms with E-state index in [1.165, 1.54) is 18.1 Å². The summed E-state index contributed by atoms with van der Waals surface area (Å²) in [6.07, 6.45) is -0.808. The summed E-state index contributed by atoms with van der Waals surface area (Å²) in [5, 5.41) is 0.127. The number of carbonyl (C=O) groups is 2. The summed E-state index contributed by atoms with van der Waals surface area (Å²) in [5.74, 6) is -0.345. The normalized spacial score (nSPS) is 19.5. The fraction of sp³-hybridized carbons (Fsp3) is 0.500. The van der Waals surface area contributed by atoms with Crippen LogP contribution in [-0.4, -0.2) is 82.5 Å². The molecule has 0 unspecified atom stereocenters. The Morgan fingerprint density at radius 1 is 1.09 bits per heavy atom. The van der Waals surface area contributed by atoms with Crippen LogP contribution in [0.3, 0.4) is 0 Å². The van der Waals surface area contributed by atoms with E-state index in [0.717, 1.165) is 24.3 Å². The average molecular weight is 617 g/mol. The number of ether oxygens (including phenoxy) is 1. The summed E-state index contributed by atoms with van der Waals surface area (Å²) in [6, 6.07) is 8.65. The lowest BCUT2D eigenvalue weighted by atomic mass is 9.75. The topological polar surface area (TPSA) is 81.6 Å². The molecule has 2 amide bonds. The molecule has 3 fully saturated rings. The number of hydrogen-bond donors (Lipinski definition) is 0. The van der Waals surface area contributed by atoms with Gasteiger partial charge in [-0.15, -0.1) is 0 Å². The number of pyridine rings is 1. The Hall–Kier alpha value is -3.58. The smallest absolute Gasteiger partial charge is 0.418 e. The zero-order valence-electron chi connectivity index (χ0n) is 24.6. The van der Waals surface area contributed by atoms with Gasteiger partial charge in [0.15, 0.2) is 5.11 Å². The molecule has 1 spiro atoms. The fourth-order valence-corrected chi connectivity index (χ4v) is 6.14. The number of aromatic nitrogens is 1. The summed E-state index contributed by atoms with van der Waals surface area (Å²) < 4.78 is 47.0. The summed E-state index contributed by atoms with van der Waals surface area (Å²) >= 11 is 5.75. The molecular weight excluding hydrogens is 581 g/mol. The maximum absolute atomic E-state index is 13.8. The number of anilines is 2. The van der Waals surface area contributed by atoms with E-state index in [2.05, 4.69) is 14.9 Å². The lowest BCUT2D eigenvalue weighted by Crippen LogP contribution is -2.55. The number of halogens is 3. The number of nitrogens with zero attached hydrogens (tertiary/aromatic N) is 6. The van der Waals surface area contributed by atoms with Crippen molar-refractivity contribution in [1.82, 2.24) is 14.8 Å². The first-order chi connectivity index (χ1) is 20.2.